The van der Waals surface area contributed by atoms with Crippen molar-refractivity contribution in [1.82, 2.24) is 0 Å². The zero-order valence-electron chi connectivity index (χ0n) is 17.9. The molecule has 158 valence electrons. The van der Waals surface area contributed by atoms with Crippen LogP contribution in [0.1, 0.15) is 53.0 Å². The molecule has 0 fully saturated rings. The van der Waals surface area contributed by atoms with Gasteiger partial charge in [0.2, 0.25) is 0 Å². The van der Waals surface area contributed by atoms with E-state index in [1.165, 1.54) is 23.3 Å². The third kappa shape index (κ3) is 3.54. The van der Waals surface area contributed by atoms with Gasteiger partial charge in [0.15, 0.2) is 5.78 Å². The fourth-order valence-corrected chi connectivity index (χ4v) is 4.61. The number of carbonyl (C=O) groups is 1. The van der Waals surface area contributed by atoms with Gasteiger partial charge in [0, 0.05) is 17.7 Å². The highest BCUT2D eigenvalue weighted by Gasteiger charge is 2.37. The first kappa shape index (κ1) is 19.6. The Kier molecular flexibility index (Phi) is 4.69. The number of Topliss-reactive ketones (excluding diaryl/α,β-unsaturated/α-hetero) is 1. The Morgan fingerprint density at radius 1 is 0.935 bits per heavy atom. The number of ketones is 1. The molecule has 2 heterocycles. The smallest absolute Gasteiger partial charge is 0.163 e. The van der Waals surface area contributed by atoms with Crippen molar-refractivity contribution in [2.45, 2.75) is 45.6 Å². The van der Waals surface area contributed by atoms with E-state index in [1.54, 1.807) is 12.1 Å². The molecule has 0 amide bonds. The van der Waals surface area contributed by atoms with Gasteiger partial charge in [-0.3, -0.25) is 4.79 Å². The number of allylic oxidation sites excluding steroid dienone is 1. The number of carbonyl (C=O) groups excluding carboxylic acids is 1. The summed E-state index contributed by atoms with van der Waals surface area (Å²) in [6, 6.07) is 14.2. The highest BCUT2D eigenvalue weighted by atomic mass is 19.1. The van der Waals surface area contributed by atoms with Gasteiger partial charge in [-0.2, -0.15) is 0 Å². The lowest BCUT2D eigenvalue weighted by Gasteiger charge is -2.29. The number of aryl methyl sites for hydroxylation is 3. The summed E-state index contributed by atoms with van der Waals surface area (Å²) in [4.78, 5) is 13.5. The third-order valence-corrected chi connectivity index (χ3v) is 6.40. The van der Waals surface area contributed by atoms with Gasteiger partial charge in [0.1, 0.15) is 23.4 Å². The highest BCUT2D eigenvalue weighted by molar-refractivity contribution is 6.01. The maximum Gasteiger partial charge on any atom is 0.163 e. The van der Waals surface area contributed by atoms with Crippen LogP contribution in [0, 0.1) is 26.6 Å². The number of nitrogens with one attached hydrogen (secondary N) is 2. The Hall–Kier alpha value is -3.34. The Morgan fingerprint density at radius 3 is 2.32 bits per heavy atom. The lowest BCUT2D eigenvalue weighted by atomic mass is 9.79. The number of halogens is 1. The molecule has 5 rings (SSSR count). The van der Waals surface area contributed by atoms with E-state index in [4.69, 9.17) is 4.42 Å². The van der Waals surface area contributed by atoms with Gasteiger partial charge in [0.25, 0.3) is 0 Å². The molecule has 0 saturated heterocycles. The second-order valence-electron chi connectivity index (χ2n) is 8.60. The summed E-state index contributed by atoms with van der Waals surface area (Å²) >= 11 is 0. The van der Waals surface area contributed by atoms with E-state index in [-0.39, 0.29) is 23.6 Å². The molecular weight excluding hydrogens is 391 g/mol. The minimum Gasteiger partial charge on any atom is -0.464 e. The van der Waals surface area contributed by atoms with E-state index in [0.717, 1.165) is 39.7 Å². The van der Waals surface area contributed by atoms with Crippen molar-refractivity contribution in [2.24, 2.45) is 0 Å². The molecule has 3 aromatic rings. The van der Waals surface area contributed by atoms with Crippen LogP contribution >= 0.6 is 0 Å². The molecule has 2 N–H and O–H groups in total. The molecule has 1 aromatic heterocycles. The molecule has 2 aliphatic rings. The summed E-state index contributed by atoms with van der Waals surface area (Å²) in [5, 5.41) is 7.12. The van der Waals surface area contributed by atoms with Crippen molar-refractivity contribution in [3.63, 3.8) is 0 Å². The van der Waals surface area contributed by atoms with Crippen LogP contribution in [0.4, 0.5) is 15.8 Å². The zero-order valence-corrected chi connectivity index (χ0v) is 17.9. The van der Waals surface area contributed by atoms with Gasteiger partial charge in [0.05, 0.1) is 11.4 Å². The molecular formula is C26H25FN2O2. The first-order valence-corrected chi connectivity index (χ1v) is 10.6. The van der Waals surface area contributed by atoms with Crippen LogP contribution in [0.2, 0.25) is 0 Å². The van der Waals surface area contributed by atoms with Gasteiger partial charge in [-0.15, -0.1) is 0 Å². The average Bonchev–Trinajstić information content (AvgIpc) is 3.09. The second kappa shape index (κ2) is 7.41. The summed E-state index contributed by atoms with van der Waals surface area (Å²) in [5.74, 6) is 1.35. The van der Waals surface area contributed by atoms with E-state index in [1.807, 2.05) is 19.1 Å². The minimum atomic E-state index is -0.360. The van der Waals surface area contributed by atoms with E-state index in [9.17, 15) is 9.18 Å². The van der Waals surface area contributed by atoms with Crippen LogP contribution in [0.25, 0.3) is 0 Å². The SMILES string of the molecule is Cc1ccc([C@H]2Nc3cc(C)c(C)cc3NC3=C2C(=O)C[C@@H](c2ccc(F)cc2)C3)o1. The summed E-state index contributed by atoms with van der Waals surface area (Å²) in [7, 11) is 0. The molecule has 0 unspecified atom stereocenters. The summed E-state index contributed by atoms with van der Waals surface area (Å²) in [6.07, 6.45) is 1.06. The van der Waals surface area contributed by atoms with Gasteiger partial charge < -0.3 is 15.1 Å². The van der Waals surface area contributed by atoms with Crippen molar-refractivity contribution in [3.8, 4) is 0 Å². The molecule has 0 saturated carbocycles. The molecule has 1 aliphatic carbocycles. The molecule has 31 heavy (non-hydrogen) atoms. The average molecular weight is 416 g/mol. The van der Waals surface area contributed by atoms with Crippen molar-refractivity contribution < 1.29 is 13.6 Å². The molecule has 4 nitrogen and oxygen atoms in total. The third-order valence-electron chi connectivity index (χ3n) is 6.40. The number of hydrogen-bond acceptors (Lipinski definition) is 4. The fraction of sp³-hybridized carbons (Fsp3) is 0.269. The second-order valence-corrected chi connectivity index (χ2v) is 8.60. The largest absolute Gasteiger partial charge is 0.464 e. The molecule has 2 atom stereocenters. The molecule has 0 spiro atoms. The van der Waals surface area contributed by atoms with Crippen molar-refractivity contribution >= 4 is 17.2 Å². The summed E-state index contributed by atoms with van der Waals surface area (Å²) in [5.41, 5.74) is 6.86. The standard InChI is InChI=1S/C26H25FN2O2/c1-14-10-20-21(11-15(14)2)29-26(24-9-4-16(3)31-24)25-22(28-20)12-18(13-23(25)30)17-5-7-19(27)8-6-17/h4-11,18,26,28-29H,12-13H2,1-3H3/t18-,26+/m0/s1. The molecule has 0 radical (unpaired) electrons. The Labute approximate surface area is 181 Å². The normalized spacial score (nSPS) is 20.5. The van der Waals surface area contributed by atoms with E-state index < -0.39 is 0 Å². The predicted molar refractivity (Wildman–Crippen MR) is 120 cm³/mol. The topological polar surface area (TPSA) is 54.3 Å². The van der Waals surface area contributed by atoms with Crippen molar-refractivity contribution in [2.75, 3.05) is 10.6 Å². The minimum absolute atomic E-state index is 0.00596. The number of fused-ring (bicyclic) bond motifs is 1. The van der Waals surface area contributed by atoms with E-state index in [2.05, 4.69) is 36.6 Å². The van der Waals surface area contributed by atoms with Crippen LogP contribution in [0.5, 0.6) is 0 Å². The highest BCUT2D eigenvalue weighted by Crippen LogP contribution is 2.45. The number of rotatable bonds is 2. The lowest BCUT2D eigenvalue weighted by Crippen LogP contribution is -2.26. The first-order valence-electron chi connectivity index (χ1n) is 10.6. The van der Waals surface area contributed by atoms with Gasteiger partial charge in [-0.1, -0.05) is 12.1 Å². The quantitative estimate of drug-likeness (QED) is 0.513. The maximum atomic E-state index is 13.5. The number of benzene rings is 2. The van der Waals surface area contributed by atoms with Gasteiger partial charge in [-0.25, -0.2) is 4.39 Å². The molecule has 0 bridgehead atoms. The molecule has 5 heteroatoms. The van der Waals surface area contributed by atoms with Gasteiger partial charge in [-0.05, 0) is 86.2 Å². The number of hydrogen-bond donors (Lipinski definition) is 2. The van der Waals surface area contributed by atoms with E-state index >= 15 is 0 Å². The maximum absolute atomic E-state index is 13.5. The van der Waals surface area contributed by atoms with Crippen LogP contribution < -0.4 is 10.6 Å². The van der Waals surface area contributed by atoms with Crippen molar-refractivity contribution in [3.05, 3.63) is 93.8 Å². The lowest BCUT2D eigenvalue weighted by molar-refractivity contribution is -0.116. The number of anilines is 2. The van der Waals surface area contributed by atoms with Crippen LogP contribution in [0.15, 0.2) is 64.2 Å². The van der Waals surface area contributed by atoms with Crippen LogP contribution in [-0.4, -0.2) is 5.78 Å². The first-order chi connectivity index (χ1) is 14.9. The van der Waals surface area contributed by atoms with Gasteiger partial charge >= 0.3 is 0 Å². The Balaban J connectivity index is 1.62. The molecule has 2 aromatic carbocycles. The summed E-state index contributed by atoms with van der Waals surface area (Å²) < 4.78 is 19.4. The van der Waals surface area contributed by atoms with Crippen molar-refractivity contribution in [1.29, 1.82) is 0 Å². The summed E-state index contributed by atoms with van der Waals surface area (Å²) in [6.45, 7) is 6.07. The fourth-order valence-electron chi connectivity index (χ4n) is 4.61. The van der Waals surface area contributed by atoms with E-state index in [0.29, 0.717) is 12.8 Å². The monoisotopic (exact) mass is 416 g/mol. The van der Waals surface area contributed by atoms with Crippen LogP contribution in [0.3, 0.4) is 0 Å². The zero-order chi connectivity index (χ0) is 21.7. The number of furan rings is 1. The Morgan fingerprint density at radius 2 is 1.65 bits per heavy atom. The predicted octanol–water partition coefficient (Wildman–Crippen LogP) is 6.32. The van der Waals surface area contributed by atoms with Crippen LogP contribution in [-0.2, 0) is 4.79 Å². The molecule has 1 aliphatic heterocycles. The Bertz CT molecular complexity index is 1210.